The molecule has 1 rings (SSSR count). The average Bonchev–Trinajstić information content (AvgIpc) is 2.96. The van der Waals surface area contributed by atoms with E-state index in [1.807, 2.05) is 6.92 Å². The Morgan fingerprint density at radius 3 is 2.71 bits per heavy atom. The SMILES string of the molecule is CCC(CCNC(=O)NC(C)C1CCOC1)CCC(=O)O. The Hall–Kier alpha value is -1.30. The molecule has 21 heavy (non-hydrogen) atoms. The van der Waals surface area contributed by atoms with Gasteiger partial charge in [-0.15, -0.1) is 0 Å². The predicted octanol–water partition coefficient (Wildman–Crippen LogP) is 1.99. The van der Waals surface area contributed by atoms with Gasteiger partial charge in [-0.3, -0.25) is 4.79 Å². The smallest absolute Gasteiger partial charge is 0.315 e. The molecule has 2 amide bonds. The van der Waals surface area contributed by atoms with E-state index in [0.717, 1.165) is 25.9 Å². The quantitative estimate of drug-likeness (QED) is 0.607. The van der Waals surface area contributed by atoms with E-state index in [9.17, 15) is 9.59 Å². The molecule has 3 N–H and O–H groups in total. The first-order valence-corrected chi connectivity index (χ1v) is 7.86. The Morgan fingerprint density at radius 2 is 2.14 bits per heavy atom. The largest absolute Gasteiger partial charge is 0.481 e. The number of hydrogen-bond donors (Lipinski definition) is 3. The highest BCUT2D eigenvalue weighted by Gasteiger charge is 2.23. The number of carbonyl (C=O) groups excluding carboxylic acids is 1. The summed E-state index contributed by atoms with van der Waals surface area (Å²) in [5, 5.41) is 14.5. The van der Waals surface area contributed by atoms with E-state index in [1.165, 1.54) is 0 Å². The van der Waals surface area contributed by atoms with Crippen LogP contribution in [0.25, 0.3) is 0 Å². The topological polar surface area (TPSA) is 87.7 Å². The molecule has 1 aliphatic rings. The number of nitrogens with one attached hydrogen (secondary N) is 2. The standard InChI is InChI=1S/C15H28N2O4/c1-3-12(4-5-14(18)19)6-8-16-15(20)17-11(2)13-7-9-21-10-13/h11-13H,3-10H2,1-2H3,(H,18,19)(H2,16,17,20). The van der Waals surface area contributed by atoms with E-state index in [1.54, 1.807) is 0 Å². The van der Waals surface area contributed by atoms with Crippen LogP contribution in [0.1, 0.15) is 46.0 Å². The van der Waals surface area contributed by atoms with Crippen molar-refractivity contribution in [2.24, 2.45) is 11.8 Å². The number of ether oxygens (including phenoxy) is 1. The van der Waals surface area contributed by atoms with Crippen molar-refractivity contribution in [1.82, 2.24) is 10.6 Å². The minimum atomic E-state index is -0.758. The second kappa shape index (κ2) is 9.60. The Labute approximate surface area is 126 Å². The van der Waals surface area contributed by atoms with E-state index < -0.39 is 5.97 Å². The third kappa shape index (κ3) is 7.32. The zero-order chi connectivity index (χ0) is 15.7. The van der Waals surface area contributed by atoms with Crippen molar-refractivity contribution in [3.63, 3.8) is 0 Å². The maximum Gasteiger partial charge on any atom is 0.315 e. The van der Waals surface area contributed by atoms with Crippen molar-refractivity contribution in [1.29, 1.82) is 0 Å². The van der Waals surface area contributed by atoms with Crippen LogP contribution >= 0.6 is 0 Å². The number of urea groups is 1. The summed E-state index contributed by atoms with van der Waals surface area (Å²) in [6.45, 7) is 6.13. The van der Waals surface area contributed by atoms with Crippen LogP contribution in [0.2, 0.25) is 0 Å². The van der Waals surface area contributed by atoms with Gasteiger partial charge >= 0.3 is 12.0 Å². The number of carboxylic acids is 1. The molecule has 1 heterocycles. The van der Waals surface area contributed by atoms with Gasteiger partial charge in [-0.1, -0.05) is 13.3 Å². The molecule has 0 bridgehead atoms. The van der Waals surface area contributed by atoms with Crippen molar-refractivity contribution in [3.8, 4) is 0 Å². The molecule has 1 aliphatic heterocycles. The Kier molecular flexibility index (Phi) is 8.12. The van der Waals surface area contributed by atoms with Crippen molar-refractivity contribution in [3.05, 3.63) is 0 Å². The first-order chi connectivity index (χ1) is 10.0. The zero-order valence-corrected chi connectivity index (χ0v) is 13.1. The highest BCUT2D eigenvalue weighted by molar-refractivity contribution is 5.74. The molecule has 3 unspecified atom stereocenters. The third-order valence-electron chi connectivity index (χ3n) is 4.21. The number of aliphatic carboxylic acids is 1. The maximum absolute atomic E-state index is 11.8. The average molecular weight is 300 g/mol. The van der Waals surface area contributed by atoms with Crippen molar-refractivity contribution >= 4 is 12.0 Å². The molecule has 122 valence electrons. The van der Waals surface area contributed by atoms with Crippen LogP contribution in [0, 0.1) is 11.8 Å². The number of amides is 2. The van der Waals surface area contributed by atoms with Gasteiger partial charge < -0.3 is 20.5 Å². The first kappa shape index (κ1) is 17.8. The lowest BCUT2D eigenvalue weighted by Gasteiger charge is -2.20. The summed E-state index contributed by atoms with van der Waals surface area (Å²) in [6, 6.07) is -0.0380. The van der Waals surface area contributed by atoms with E-state index >= 15 is 0 Å². The van der Waals surface area contributed by atoms with Crippen LogP contribution in [0.15, 0.2) is 0 Å². The third-order valence-corrected chi connectivity index (χ3v) is 4.21. The van der Waals surface area contributed by atoms with Crippen LogP contribution in [0.4, 0.5) is 4.79 Å². The Bertz CT molecular complexity index is 330. The zero-order valence-electron chi connectivity index (χ0n) is 13.1. The summed E-state index contributed by atoms with van der Waals surface area (Å²) in [7, 11) is 0. The Morgan fingerprint density at radius 1 is 1.38 bits per heavy atom. The molecule has 1 saturated heterocycles. The molecule has 0 aromatic carbocycles. The van der Waals surface area contributed by atoms with Gasteiger partial charge in [0, 0.05) is 31.5 Å². The summed E-state index contributed by atoms with van der Waals surface area (Å²) < 4.78 is 5.31. The van der Waals surface area contributed by atoms with Gasteiger partial charge in [0.15, 0.2) is 0 Å². The van der Waals surface area contributed by atoms with Gasteiger partial charge in [0.2, 0.25) is 0 Å². The molecular weight excluding hydrogens is 272 g/mol. The lowest BCUT2D eigenvalue weighted by Crippen LogP contribution is -2.44. The minimum Gasteiger partial charge on any atom is -0.481 e. The van der Waals surface area contributed by atoms with E-state index in [2.05, 4.69) is 17.6 Å². The van der Waals surface area contributed by atoms with Crippen molar-refractivity contribution in [2.45, 2.75) is 52.0 Å². The molecule has 0 spiro atoms. The summed E-state index contributed by atoms with van der Waals surface area (Å²) in [4.78, 5) is 22.3. The van der Waals surface area contributed by atoms with Crippen LogP contribution in [0.3, 0.4) is 0 Å². The summed E-state index contributed by atoms with van der Waals surface area (Å²) in [6.07, 6.45) is 3.62. The van der Waals surface area contributed by atoms with Gasteiger partial charge in [-0.25, -0.2) is 4.79 Å². The van der Waals surface area contributed by atoms with Gasteiger partial charge in [0.05, 0.1) is 6.61 Å². The molecule has 6 nitrogen and oxygen atoms in total. The summed E-state index contributed by atoms with van der Waals surface area (Å²) >= 11 is 0. The van der Waals surface area contributed by atoms with E-state index in [-0.39, 0.29) is 18.5 Å². The predicted molar refractivity (Wildman–Crippen MR) is 80.2 cm³/mol. The molecule has 0 saturated carbocycles. The van der Waals surface area contributed by atoms with Crippen LogP contribution in [-0.2, 0) is 9.53 Å². The van der Waals surface area contributed by atoms with Gasteiger partial charge in [-0.05, 0) is 32.1 Å². The fourth-order valence-electron chi connectivity index (χ4n) is 2.59. The lowest BCUT2D eigenvalue weighted by atomic mass is 9.97. The molecule has 0 radical (unpaired) electrons. The molecule has 0 aromatic heterocycles. The van der Waals surface area contributed by atoms with Gasteiger partial charge in [0.25, 0.3) is 0 Å². The maximum atomic E-state index is 11.8. The van der Waals surface area contributed by atoms with Crippen LogP contribution in [0.5, 0.6) is 0 Å². The molecule has 1 fully saturated rings. The molecular formula is C15H28N2O4. The van der Waals surface area contributed by atoms with Crippen molar-refractivity contribution < 1.29 is 19.4 Å². The number of hydrogen-bond acceptors (Lipinski definition) is 3. The number of carbonyl (C=O) groups is 2. The molecule has 0 aromatic rings. The van der Waals surface area contributed by atoms with Crippen LogP contribution in [-0.4, -0.2) is 42.9 Å². The van der Waals surface area contributed by atoms with E-state index in [4.69, 9.17) is 9.84 Å². The fraction of sp³-hybridized carbons (Fsp3) is 0.867. The normalized spacial score (nSPS) is 20.8. The summed E-state index contributed by atoms with van der Waals surface area (Å²) in [5.74, 6) is -0.0106. The fourth-order valence-corrected chi connectivity index (χ4v) is 2.59. The second-order valence-electron chi connectivity index (χ2n) is 5.81. The van der Waals surface area contributed by atoms with E-state index in [0.29, 0.717) is 31.4 Å². The summed E-state index contributed by atoms with van der Waals surface area (Å²) in [5.41, 5.74) is 0. The molecule has 3 atom stereocenters. The van der Waals surface area contributed by atoms with Crippen molar-refractivity contribution in [2.75, 3.05) is 19.8 Å². The van der Waals surface area contributed by atoms with Gasteiger partial charge in [-0.2, -0.15) is 0 Å². The second-order valence-corrected chi connectivity index (χ2v) is 5.81. The highest BCUT2D eigenvalue weighted by atomic mass is 16.5. The van der Waals surface area contributed by atoms with Gasteiger partial charge in [0.1, 0.15) is 0 Å². The monoisotopic (exact) mass is 300 g/mol. The number of rotatable bonds is 9. The molecule has 0 aliphatic carbocycles. The minimum absolute atomic E-state index is 0.112. The Balaban J connectivity index is 2.15. The lowest BCUT2D eigenvalue weighted by molar-refractivity contribution is -0.137. The number of carboxylic acid groups (broad SMARTS) is 1. The highest BCUT2D eigenvalue weighted by Crippen LogP contribution is 2.16. The van der Waals surface area contributed by atoms with Crippen LogP contribution < -0.4 is 10.6 Å². The molecule has 6 heteroatoms. The first-order valence-electron chi connectivity index (χ1n) is 7.86.